The Kier molecular flexibility index (Phi) is 5.58. The Morgan fingerprint density at radius 2 is 1.93 bits per heavy atom. The number of carbonyl (C=O) groups excluding carboxylic acids is 2. The Hall–Kier alpha value is -3.52. The van der Waals surface area contributed by atoms with Gasteiger partial charge in [-0.25, -0.2) is 14.4 Å². The molecule has 2 aromatic heterocycles. The van der Waals surface area contributed by atoms with Crippen LogP contribution in [0.25, 0.3) is 22.2 Å². The fourth-order valence-electron chi connectivity index (χ4n) is 3.02. The molecule has 2 N–H and O–H groups in total. The van der Waals surface area contributed by atoms with Crippen molar-refractivity contribution in [3.8, 4) is 11.1 Å². The van der Waals surface area contributed by atoms with Crippen LogP contribution < -0.4 is 5.32 Å². The minimum atomic E-state index is -0.302. The maximum absolute atomic E-state index is 13.2. The number of ketones is 1. The number of halogens is 1. The Morgan fingerprint density at radius 3 is 2.70 bits per heavy atom. The topological polar surface area (TPSA) is 87.7 Å². The summed E-state index contributed by atoms with van der Waals surface area (Å²) in [6.07, 6.45) is 3.24. The third kappa shape index (κ3) is 4.23. The Bertz CT molecular complexity index is 1240. The summed E-state index contributed by atoms with van der Waals surface area (Å²) in [7, 11) is 0. The monoisotopic (exact) mass is 420 g/mol. The van der Waals surface area contributed by atoms with Crippen molar-refractivity contribution in [1.29, 1.82) is 0 Å². The zero-order valence-corrected chi connectivity index (χ0v) is 16.8. The number of fused-ring (bicyclic) bond motifs is 1. The third-order valence-electron chi connectivity index (χ3n) is 4.48. The van der Waals surface area contributed by atoms with E-state index in [1.165, 1.54) is 37.1 Å². The van der Waals surface area contributed by atoms with E-state index in [4.69, 9.17) is 0 Å². The van der Waals surface area contributed by atoms with Gasteiger partial charge in [0, 0.05) is 23.0 Å². The molecule has 0 fully saturated rings. The minimum Gasteiger partial charge on any atom is -0.357 e. The number of amides is 1. The number of carbonyl (C=O) groups is 2. The summed E-state index contributed by atoms with van der Waals surface area (Å²) in [5.74, 6) is -0.434. The summed E-state index contributed by atoms with van der Waals surface area (Å²) in [6, 6.07) is 13.0. The Morgan fingerprint density at radius 1 is 1.13 bits per heavy atom. The SMILES string of the molecule is CC(=O)c1cccc(NC(=O)CSc2ncnc3c(-c4ccc(F)cc4)c[nH]c23)c1. The average molecular weight is 420 g/mol. The molecule has 0 saturated carbocycles. The van der Waals surface area contributed by atoms with Crippen LogP contribution in [0.3, 0.4) is 0 Å². The van der Waals surface area contributed by atoms with E-state index in [-0.39, 0.29) is 23.3 Å². The highest BCUT2D eigenvalue weighted by Gasteiger charge is 2.14. The van der Waals surface area contributed by atoms with Crippen LogP contribution in [0, 0.1) is 5.82 Å². The molecule has 4 aromatic rings. The van der Waals surface area contributed by atoms with E-state index in [1.807, 2.05) is 0 Å². The standard InChI is InChI=1S/C22H17FN4O2S/c1-13(28)15-3-2-4-17(9-15)27-19(29)11-30-22-21-20(25-12-26-22)18(10-24-21)14-5-7-16(23)8-6-14/h2-10,12,24H,11H2,1H3,(H,27,29). The van der Waals surface area contributed by atoms with Gasteiger partial charge in [-0.3, -0.25) is 9.59 Å². The first-order chi connectivity index (χ1) is 14.5. The summed E-state index contributed by atoms with van der Waals surface area (Å²) < 4.78 is 13.2. The van der Waals surface area contributed by atoms with Gasteiger partial charge in [0.25, 0.3) is 0 Å². The van der Waals surface area contributed by atoms with Gasteiger partial charge in [-0.15, -0.1) is 0 Å². The van der Waals surface area contributed by atoms with E-state index >= 15 is 0 Å². The molecule has 0 unspecified atom stereocenters. The third-order valence-corrected chi connectivity index (χ3v) is 5.47. The fourth-order valence-corrected chi connectivity index (χ4v) is 3.78. The molecule has 0 bridgehead atoms. The average Bonchev–Trinajstić information content (AvgIpc) is 3.18. The van der Waals surface area contributed by atoms with Crippen molar-refractivity contribution < 1.29 is 14.0 Å². The van der Waals surface area contributed by atoms with Gasteiger partial charge in [-0.1, -0.05) is 36.0 Å². The number of hydrogen-bond donors (Lipinski definition) is 2. The van der Waals surface area contributed by atoms with Crippen molar-refractivity contribution >= 4 is 40.2 Å². The highest BCUT2D eigenvalue weighted by molar-refractivity contribution is 8.00. The Balaban J connectivity index is 1.49. The largest absolute Gasteiger partial charge is 0.357 e. The van der Waals surface area contributed by atoms with E-state index in [0.717, 1.165) is 11.1 Å². The smallest absolute Gasteiger partial charge is 0.234 e. The zero-order valence-electron chi connectivity index (χ0n) is 16.0. The van der Waals surface area contributed by atoms with Crippen molar-refractivity contribution in [2.24, 2.45) is 0 Å². The first-order valence-corrected chi connectivity index (χ1v) is 10.1. The molecule has 8 heteroatoms. The van der Waals surface area contributed by atoms with Crippen molar-refractivity contribution in [2.45, 2.75) is 11.9 Å². The number of aromatic nitrogens is 3. The van der Waals surface area contributed by atoms with Gasteiger partial charge in [-0.2, -0.15) is 0 Å². The molecule has 0 spiro atoms. The lowest BCUT2D eigenvalue weighted by Gasteiger charge is -2.06. The second-order valence-corrected chi connectivity index (χ2v) is 7.55. The summed E-state index contributed by atoms with van der Waals surface area (Å²) >= 11 is 1.28. The molecule has 0 aliphatic rings. The maximum Gasteiger partial charge on any atom is 0.234 e. The van der Waals surface area contributed by atoms with Gasteiger partial charge in [0.05, 0.1) is 11.3 Å². The van der Waals surface area contributed by atoms with Gasteiger partial charge in [-0.05, 0) is 36.8 Å². The summed E-state index contributed by atoms with van der Waals surface area (Å²) in [6.45, 7) is 1.48. The molecule has 0 aliphatic carbocycles. The zero-order chi connectivity index (χ0) is 21.1. The molecule has 150 valence electrons. The predicted molar refractivity (Wildman–Crippen MR) is 115 cm³/mol. The van der Waals surface area contributed by atoms with Crippen LogP contribution in [0.4, 0.5) is 10.1 Å². The number of benzene rings is 2. The molecule has 0 saturated heterocycles. The molecule has 30 heavy (non-hydrogen) atoms. The molecule has 0 atom stereocenters. The maximum atomic E-state index is 13.2. The second kappa shape index (κ2) is 8.46. The molecule has 0 radical (unpaired) electrons. The van der Waals surface area contributed by atoms with E-state index < -0.39 is 0 Å². The van der Waals surface area contributed by atoms with Crippen LogP contribution in [0.5, 0.6) is 0 Å². The van der Waals surface area contributed by atoms with Crippen molar-refractivity contribution in [3.05, 3.63) is 72.4 Å². The Labute approximate surface area is 175 Å². The number of H-pyrrole nitrogens is 1. The lowest BCUT2D eigenvalue weighted by molar-refractivity contribution is -0.113. The van der Waals surface area contributed by atoms with Gasteiger partial charge in [0.2, 0.25) is 5.91 Å². The molecule has 2 aromatic carbocycles. The molecule has 4 rings (SSSR count). The summed E-state index contributed by atoms with van der Waals surface area (Å²) in [4.78, 5) is 35.6. The number of hydrogen-bond acceptors (Lipinski definition) is 5. The molecule has 2 heterocycles. The van der Waals surface area contributed by atoms with Gasteiger partial charge >= 0.3 is 0 Å². The lowest BCUT2D eigenvalue weighted by Crippen LogP contribution is -2.14. The summed E-state index contributed by atoms with van der Waals surface area (Å²) in [5.41, 5.74) is 4.19. The minimum absolute atomic E-state index is 0.0624. The van der Waals surface area contributed by atoms with Crippen LogP contribution in [-0.2, 0) is 4.79 Å². The van der Waals surface area contributed by atoms with Crippen molar-refractivity contribution in [3.63, 3.8) is 0 Å². The fraction of sp³-hybridized carbons (Fsp3) is 0.0909. The van der Waals surface area contributed by atoms with E-state index in [2.05, 4.69) is 20.3 Å². The summed E-state index contributed by atoms with van der Waals surface area (Å²) in [5, 5.41) is 3.43. The van der Waals surface area contributed by atoms with Gasteiger partial charge in [0.1, 0.15) is 22.7 Å². The second-order valence-electron chi connectivity index (χ2n) is 6.59. The number of Topliss-reactive ketones (excluding diaryl/α,β-unsaturated/α-hetero) is 1. The number of nitrogens with zero attached hydrogens (tertiary/aromatic N) is 2. The first kappa shape index (κ1) is 19.8. The normalized spacial score (nSPS) is 10.9. The van der Waals surface area contributed by atoms with E-state index in [1.54, 1.807) is 42.6 Å². The number of nitrogens with one attached hydrogen (secondary N) is 2. The molecular weight excluding hydrogens is 403 g/mol. The predicted octanol–water partition coefficient (Wildman–Crippen LogP) is 4.70. The van der Waals surface area contributed by atoms with Crippen LogP contribution >= 0.6 is 11.8 Å². The number of aromatic amines is 1. The van der Waals surface area contributed by atoms with Crippen LogP contribution in [0.2, 0.25) is 0 Å². The van der Waals surface area contributed by atoms with Crippen LogP contribution in [0.15, 0.2) is 66.1 Å². The number of anilines is 1. The van der Waals surface area contributed by atoms with Crippen LogP contribution in [-0.4, -0.2) is 32.4 Å². The molecule has 1 amide bonds. The van der Waals surface area contributed by atoms with E-state index in [0.29, 0.717) is 27.3 Å². The molecular formula is C22H17FN4O2S. The first-order valence-electron chi connectivity index (χ1n) is 9.13. The quantitative estimate of drug-likeness (QED) is 0.268. The van der Waals surface area contributed by atoms with Crippen molar-refractivity contribution in [2.75, 3.05) is 11.1 Å². The highest BCUT2D eigenvalue weighted by Crippen LogP contribution is 2.31. The highest BCUT2D eigenvalue weighted by atomic mass is 32.2. The molecule has 0 aliphatic heterocycles. The number of rotatable bonds is 6. The van der Waals surface area contributed by atoms with Crippen molar-refractivity contribution in [1.82, 2.24) is 15.0 Å². The molecule has 6 nitrogen and oxygen atoms in total. The van der Waals surface area contributed by atoms with Crippen LogP contribution in [0.1, 0.15) is 17.3 Å². The van der Waals surface area contributed by atoms with Gasteiger partial charge in [0.15, 0.2) is 5.78 Å². The van der Waals surface area contributed by atoms with E-state index in [9.17, 15) is 14.0 Å². The van der Waals surface area contributed by atoms with Gasteiger partial charge < -0.3 is 10.3 Å². The lowest BCUT2D eigenvalue weighted by atomic mass is 10.1. The number of thioether (sulfide) groups is 1.